The van der Waals surface area contributed by atoms with Crippen LogP contribution in [0.3, 0.4) is 0 Å². The molecule has 1 rings (SSSR count). The number of nitrogens with one attached hydrogen (secondary N) is 1. The molecule has 86 valence electrons. The Bertz CT molecular complexity index is 402. The Morgan fingerprint density at radius 2 is 2.00 bits per heavy atom. The first-order valence-electron chi connectivity index (χ1n) is 4.71. The lowest BCUT2D eigenvalue weighted by atomic mass is 10.2. The summed E-state index contributed by atoms with van der Waals surface area (Å²) in [4.78, 5) is 24.0. The van der Waals surface area contributed by atoms with E-state index in [1.54, 1.807) is 38.4 Å². The van der Waals surface area contributed by atoms with E-state index in [1.165, 1.54) is 12.0 Å². The molecule has 0 radical (unpaired) electrons. The van der Waals surface area contributed by atoms with E-state index in [-0.39, 0.29) is 6.03 Å². The molecule has 0 heterocycles. The summed E-state index contributed by atoms with van der Waals surface area (Å²) in [6.45, 7) is 0. The molecule has 0 bridgehead atoms. The Kier molecular flexibility index (Phi) is 3.88. The third kappa shape index (κ3) is 2.98. The van der Waals surface area contributed by atoms with Gasteiger partial charge in [-0.05, 0) is 18.2 Å². The van der Waals surface area contributed by atoms with Crippen molar-refractivity contribution in [1.82, 2.24) is 4.90 Å². The van der Waals surface area contributed by atoms with E-state index in [9.17, 15) is 9.59 Å². The third-order valence-electron chi connectivity index (χ3n) is 1.94. The van der Waals surface area contributed by atoms with Crippen LogP contribution >= 0.6 is 0 Å². The van der Waals surface area contributed by atoms with Gasteiger partial charge in [0.05, 0.1) is 12.7 Å². The predicted octanol–water partition coefficient (Wildman–Crippen LogP) is 1.57. The van der Waals surface area contributed by atoms with Crippen molar-refractivity contribution in [2.24, 2.45) is 0 Å². The quantitative estimate of drug-likeness (QED) is 0.772. The fraction of sp³-hybridized carbons (Fsp3) is 0.273. The largest absolute Gasteiger partial charge is 0.465 e. The minimum absolute atomic E-state index is 0.248. The Morgan fingerprint density at radius 1 is 1.31 bits per heavy atom. The maximum atomic E-state index is 11.4. The molecule has 0 aromatic heterocycles. The molecule has 0 aliphatic heterocycles. The minimum atomic E-state index is -0.430. The second-order valence-electron chi connectivity index (χ2n) is 3.40. The number of esters is 1. The van der Waals surface area contributed by atoms with Crippen LogP contribution in [0.1, 0.15) is 10.4 Å². The lowest BCUT2D eigenvalue weighted by Gasteiger charge is -2.12. The highest BCUT2D eigenvalue weighted by Crippen LogP contribution is 2.11. The molecule has 16 heavy (non-hydrogen) atoms. The van der Waals surface area contributed by atoms with Gasteiger partial charge in [0.1, 0.15) is 0 Å². The lowest BCUT2D eigenvalue weighted by Crippen LogP contribution is -2.27. The van der Waals surface area contributed by atoms with Gasteiger partial charge in [0.25, 0.3) is 0 Å². The lowest BCUT2D eigenvalue weighted by molar-refractivity contribution is 0.0600. The normalized spacial score (nSPS) is 9.44. The van der Waals surface area contributed by atoms with Crippen molar-refractivity contribution in [3.63, 3.8) is 0 Å². The van der Waals surface area contributed by atoms with Crippen LogP contribution in [0.4, 0.5) is 10.5 Å². The first kappa shape index (κ1) is 12.0. The average molecular weight is 222 g/mol. The topological polar surface area (TPSA) is 58.6 Å². The van der Waals surface area contributed by atoms with Gasteiger partial charge < -0.3 is 15.0 Å². The van der Waals surface area contributed by atoms with E-state index in [2.05, 4.69) is 10.1 Å². The maximum Gasteiger partial charge on any atom is 0.337 e. The second kappa shape index (κ2) is 5.16. The van der Waals surface area contributed by atoms with Crippen LogP contribution in [-0.4, -0.2) is 38.1 Å². The van der Waals surface area contributed by atoms with Crippen molar-refractivity contribution in [3.05, 3.63) is 29.8 Å². The zero-order valence-electron chi connectivity index (χ0n) is 9.48. The van der Waals surface area contributed by atoms with Gasteiger partial charge in [0.15, 0.2) is 0 Å². The van der Waals surface area contributed by atoms with Crippen molar-refractivity contribution < 1.29 is 14.3 Å². The van der Waals surface area contributed by atoms with E-state index < -0.39 is 5.97 Å². The number of carbonyl (C=O) groups excluding carboxylic acids is 2. The number of nitrogens with zero attached hydrogens (tertiary/aromatic N) is 1. The third-order valence-corrected chi connectivity index (χ3v) is 1.94. The molecule has 5 nitrogen and oxygen atoms in total. The molecule has 0 fully saturated rings. The van der Waals surface area contributed by atoms with Crippen molar-refractivity contribution in [3.8, 4) is 0 Å². The highest BCUT2D eigenvalue weighted by Gasteiger charge is 2.08. The summed E-state index contributed by atoms with van der Waals surface area (Å²) in [6.07, 6.45) is 0. The van der Waals surface area contributed by atoms with Gasteiger partial charge in [-0.2, -0.15) is 0 Å². The van der Waals surface area contributed by atoms with Gasteiger partial charge in [-0.15, -0.1) is 0 Å². The van der Waals surface area contributed by atoms with Crippen molar-refractivity contribution in [1.29, 1.82) is 0 Å². The molecule has 0 saturated carbocycles. The van der Waals surface area contributed by atoms with Gasteiger partial charge in [0, 0.05) is 19.8 Å². The fourth-order valence-electron chi connectivity index (χ4n) is 1.08. The van der Waals surface area contributed by atoms with Crippen LogP contribution in [0.2, 0.25) is 0 Å². The fourth-order valence-corrected chi connectivity index (χ4v) is 1.08. The molecule has 0 unspecified atom stereocenters. The SMILES string of the molecule is COC(=O)c1cccc(NC(=O)N(C)C)c1. The molecule has 1 aromatic rings. The highest BCUT2D eigenvalue weighted by atomic mass is 16.5. The summed E-state index contributed by atoms with van der Waals surface area (Å²) >= 11 is 0. The second-order valence-corrected chi connectivity index (χ2v) is 3.40. The Hall–Kier alpha value is -2.04. The van der Waals surface area contributed by atoms with E-state index in [0.717, 1.165) is 0 Å². The van der Waals surface area contributed by atoms with Gasteiger partial charge in [-0.1, -0.05) is 6.07 Å². The van der Waals surface area contributed by atoms with Gasteiger partial charge >= 0.3 is 12.0 Å². The molecule has 0 atom stereocenters. The van der Waals surface area contributed by atoms with Gasteiger partial charge in [-0.25, -0.2) is 9.59 Å². The van der Waals surface area contributed by atoms with Crippen LogP contribution in [0.5, 0.6) is 0 Å². The summed E-state index contributed by atoms with van der Waals surface area (Å²) < 4.78 is 4.58. The number of carbonyl (C=O) groups is 2. The van der Waals surface area contributed by atoms with Crippen LogP contribution < -0.4 is 5.32 Å². The van der Waals surface area contributed by atoms with Crippen molar-refractivity contribution in [2.75, 3.05) is 26.5 Å². The van der Waals surface area contributed by atoms with Gasteiger partial charge in [-0.3, -0.25) is 0 Å². The van der Waals surface area contributed by atoms with Crippen molar-refractivity contribution >= 4 is 17.7 Å². The number of urea groups is 1. The number of ether oxygens (including phenoxy) is 1. The molecule has 5 heteroatoms. The molecule has 0 aliphatic carbocycles. The number of anilines is 1. The summed E-state index contributed by atoms with van der Waals surface area (Å²) in [5, 5.41) is 2.64. The molecular weight excluding hydrogens is 208 g/mol. The predicted molar refractivity (Wildman–Crippen MR) is 60.5 cm³/mol. The van der Waals surface area contributed by atoms with Crippen LogP contribution in [0.25, 0.3) is 0 Å². The molecule has 0 spiro atoms. The van der Waals surface area contributed by atoms with E-state index in [1.807, 2.05) is 0 Å². The first-order chi connectivity index (χ1) is 7.54. The van der Waals surface area contributed by atoms with E-state index in [0.29, 0.717) is 11.3 Å². The number of hydrogen-bond donors (Lipinski definition) is 1. The van der Waals surface area contributed by atoms with E-state index >= 15 is 0 Å². The number of methoxy groups -OCH3 is 1. The average Bonchev–Trinajstić information content (AvgIpc) is 2.28. The standard InChI is InChI=1S/C11H14N2O3/c1-13(2)11(15)12-9-6-4-5-8(7-9)10(14)16-3/h4-7H,1-3H3,(H,12,15). The molecule has 2 amide bonds. The van der Waals surface area contributed by atoms with Crippen molar-refractivity contribution in [2.45, 2.75) is 0 Å². The first-order valence-corrected chi connectivity index (χ1v) is 4.71. The molecule has 0 saturated heterocycles. The summed E-state index contributed by atoms with van der Waals surface area (Å²) in [6, 6.07) is 6.32. The number of amides is 2. The summed E-state index contributed by atoms with van der Waals surface area (Å²) in [7, 11) is 4.59. The maximum absolute atomic E-state index is 11.4. The zero-order valence-corrected chi connectivity index (χ0v) is 9.48. The van der Waals surface area contributed by atoms with Crippen LogP contribution in [-0.2, 0) is 4.74 Å². The van der Waals surface area contributed by atoms with Crippen LogP contribution in [0.15, 0.2) is 24.3 Å². The monoisotopic (exact) mass is 222 g/mol. The molecule has 1 aromatic carbocycles. The summed E-state index contributed by atoms with van der Waals surface area (Å²) in [5.41, 5.74) is 0.959. The smallest absolute Gasteiger partial charge is 0.337 e. The Labute approximate surface area is 94.0 Å². The highest BCUT2D eigenvalue weighted by molar-refractivity contribution is 5.93. The minimum Gasteiger partial charge on any atom is -0.465 e. The molecule has 0 aliphatic rings. The van der Waals surface area contributed by atoms with Gasteiger partial charge in [0.2, 0.25) is 0 Å². The van der Waals surface area contributed by atoms with E-state index in [4.69, 9.17) is 0 Å². The van der Waals surface area contributed by atoms with Crippen LogP contribution in [0, 0.1) is 0 Å². The molecular formula is C11H14N2O3. The number of rotatable bonds is 2. The number of hydrogen-bond acceptors (Lipinski definition) is 3. The Balaban J connectivity index is 2.83. The Morgan fingerprint density at radius 3 is 2.56 bits per heavy atom. The molecule has 1 N–H and O–H groups in total. The zero-order chi connectivity index (χ0) is 12.1. The summed E-state index contributed by atoms with van der Waals surface area (Å²) in [5.74, 6) is -0.430. The number of benzene rings is 1.